The summed E-state index contributed by atoms with van der Waals surface area (Å²) < 4.78 is 0. The van der Waals surface area contributed by atoms with E-state index in [1.165, 1.54) is 23.1 Å². The Morgan fingerprint density at radius 2 is 2.00 bits per heavy atom. The first kappa shape index (κ1) is 10.3. The minimum Gasteiger partial charge on any atom is -0.324 e. The van der Waals surface area contributed by atoms with Crippen LogP contribution in [0.1, 0.15) is 43.0 Å². The standard InChI is InChI=1S/C10H13N.C2H6/c1-7-3-2-4-9-8(7)5-6-10(9)11;1-2/h2-4,10H,5-6,11H2,1H3;1-2H3. The second kappa shape index (κ2) is 4.43. The summed E-state index contributed by atoms with van der Waals surface area (Å²) in [6.45, 7) is 6.16. The van der Waals surface area contributed by atoms with Gasteiger partial charge in [-0.25, -0.2) is 0 Å². The third-order valence-electron chi connectivity index (χ3n) is 2.55. The molecule has 1 aliphatic rings. The molecular weight excluding hydrogens is 158 g/mol. The first-order valence-corrected chi connectivity index (χ1v) is 5.13. The predicted octanol–water partition coefficient (Wildman–Crippen LogP) is 2.97. The van der Waals surface area contributed by atoms with Crippen molar-refractivity contribution in [3.8, 4) is 0 Å². The largest absolute Gasteiger partial charge is 0.324 e. The van der Waals surface area contributed by atoms with Gasteiger partial charge in [-0.2, -0.15) is 0 Å². The molecule has 0 fully saturated rings. The number of hydrogen-bond acceptors (Lipinski definition) is 1. The zero-order valence-electron chi connectivity index (χ0n) is 8.80. The quantitative estimate of drug-likeness (QED) is 0.647. The van der Waals surface area contributed by atoms with Crippen molar-refractivity contribution in [3.05, 3.63) is 34.9 Å². The number of aryl methyl sites for hydroxylation is 1. The molecule has 0 heterocycles. The minimum absolute atomic E-state index is 0.296. The second-order valence-electron chi connectivity index (χ2n) is 3.29. The van der Waals surface area contributed by atoms with E-state index in [-0.39, 0.29) is 0 Å². The van der Waals surface area contributed by atoms with Gasteiger partial charge in [-0.05, 0) is 36.5 Å². The van der Waals surface area contributed by atoms with Crippen molar-refractivity contribution in [2.45, 2.75) is 39.7 Å². The van der Waals surface area contributed by atoms with Gasteiger partial charge in [-0.15, -0.1) is 0 Å². The molecule has 1 aromatic rings. The van der Waals surface area contributed by atoms with Crippen LogP contribution in [0.15, 0.2) is 18.2 Å². The summed E-state index contributed by atoms with van der Waals surface area (Å²) in [7, 11) is 0. The van der Waals surface area contributed by atoms with Crippen LogP contribution in [0.5, 0.6) is 0 Å². The Kier molecular flexibility index (Phi) is 3.49. The Balaban J connectivity index is 0.000000396. The van der Waals surface area contributed by atoms with Crippen molar-refractivity contribution in [2.75, 3.05) is 0 Å². The molecule has 0 radical (unpaired) electrons. The van der Waals surface area contributed by atoms with Gasteiger partial charge in [0.25, 0.3) is 0 Å². The second-order valence-corrected chi connectivity index (χ2v) is 3.29. The Morgan fingerprint density at radius 3 is 2.62 bits per heavy atom. The van der Waals surface area contributed by atoms with E-state index in [9.17, 15) is 0 Å². The molecule has 1 aromatic carbocycles. The van der Waals surface area contributed by atoms with Gasteiger partial charge in [0.15, 0.2) is 0 Å². The van der Waals surface area contributed by atoms with Gasteiger partial charge in [0.05, 0.1) is 0 Å². The maximum atomic E-state index is 5.92. The van der Waals surface area contributed by atoms with Crippen molar-refractivity contribution < 1.29 is 0 Å². The fourth-order valence-electron chi connectivity index (χ4n) is 1.87. The Morgan fingerprint density at radius 1 is 1.31 bits per heavy atom. The summed E-state index contributed by atoms with van der Waals surface area (Å²) >= 11 is 0. The van der Waals surface area contributed by atoms with Crippen LogP contribution in [-0.4, -0.2) is 0 Å². The predicted molar refractivity (Wildman–Crippen MR) is 57.8 cm³/mol. The van der Waals surface area contributed by atoms with Crippen molar-refractivity contribution >= 4 is 0 Å². The summed E-state index contributed by atoms with van der Waals surface area (Å²) in [5, 5.41) is 0. The molecular formula is C12H19N. The highest BCUT2D eigenvalue weighted by atomic mass is 14.6. The molecule has 1 atom stereocenters. The fourth-order valence-corrected chi connectivity index (χ4v) is 1.87. The summed E-state index contributed by atoms with van der Waals surface area (Å²) in [4.78, 5) is 0. The van der Waals surface area contributed by atoms with Crippen molar-refractivity contribution in [2.24, 2.45) is 5.73 Å². The molecule has 2 rings (SSSR count). The molecule has 0 saturated carbocycles. The maximum Gasteiger partial charge on any atom is 0.0300 e. The molecule has 0 saturated heterocycles. The Labute approximate surface area is 81.0 Å². The lowest BCUT2D eigenvalue weighted by molar-refractivity contribution is 0.713. The van der Waals surface area contributed by atoms with E-state index < -0.39 is 0 Å². The van der Waals surface area contributed by atoms with Crippen LogP contribution in [-0.2, 0) is 6.42 Å². The fraction of sp³-hybridized carbons (Fsp3) is 0.500. The van der Waals surface area contributed by atoms with E-state index in [4.69, 9.17) is 5.73 Å². The van der Waals surface area contributed by atoms with Crippen LogP contribution in [0, 0.1) is 6.92 Å². The lowest BCUT2D eigenvalue weighted by Gasteiger charge is -2.05. The van der Waals surface area contributed by atoms with Crippen molar-refractivity contribution in [1.29, 1.82) is 0 Å². The zero-order chi connectivity index (χ0) is 9.84. The number of fused-ring (bicyclic) bond motifs is 1. The molecule has 72 valence electrons. The lowest BCUT2D eigenvalue weighted by atomic mass is 10.0. The molecule has 0 bridgehead atoms. The third-order valence-corrected chi connectivity index (χ3v) is 2.55. The molecule has 1 heteroatoms. The average Bonchev–Trinajstić information content (AvgIpc) is 2.53. The van der Waals surface area contributed by atoms with Crippen molar-refractivity contribution in [1.82, 2.24) is 0 Å². The Bertz CT molecular complexity index is 278. The SMILES string of the molecule is CC.Cc1cccc2c1CCC2N. The molecule has 2 N–H and O–H groups in total. The van der Waals surface area contributed by atoms with E-state index >= 15 is 0 Å². The maximum absolute atomic E-state index is 5.92. The number of hydrogen-bond donors (Lipinski definition) is 1. The highest BCUT2D eigenvalue weighted by molar-refractivity contribution is 5.39. The first-order chi connectivity index (χ1) is 6.29. The monoisotopic (exact) mass is 177 g/mol. The van der Waals surface area contributed by atoms with E-state index in [2.05, 4.69) is 25.1 Å². The van der Waals surface area contributed by atoms with Crippen LogP contribution < -0.4 is 5.73 Å². The third kappa shape index (κ3) is 1.92. The van der Waals surface area contributed by atoms with Crippen LogP contribution in [0.25, 0.3) is 0 Å². The number of nitrogens with two attached hydrogens (primary N) is 1. The molecule has 0 amide bonds. The van der Waals surface area contributed by atoms with Gasteiger partial charge in [-0.1, -0.05) is 32.0 Å². The molecule has 13 heavy (non-hydrogen) atoms. The van der Waals surface area contributed by atoms with Crippen LogP contribution in [0.2, 0.25) is 0 Å². The van der Waals surface area contributed by atoms with Gasteiger partial charge in [0, 0.05) is 6.04 Å². The lowest BCUT2D eigenvalue weighted by Crippen LogP contribution is -2.04. The zero-order valence-corrected chi connectivity index (χ0v) is 8.80. The van der Waals surface area contributed by atoms with E-state index in [0.717, 1.165) is 6.42 Å². The summed E-state index contributed by atoms with van der Waals surface area (Å²) in [6.07, 6.45) is 2.30. The smallest absolute Gasteiger partial charge is 0.0300 e. The highest BCUT2D eigenvalue weighted by Crippen LogP contribution is 2.30. The minimum atomic E-state index is 0.296. The first-order valence-electron chi connectivity index (χ1n) is 5.13. The van der Waals surface area contributed by atoms with Crippen LogP contribution in [0.3, 0.4) is 0 Å². The average molecular weight is 177 g/mol. The van der Waals surface area contributed by atoms with E-state index in [0.29, 0.717) is 6.04 Å². The molecule has 1 aliphatic carbocycles. The van der Waals surface area contributed by atoms with Gasteiger partial charge < -0.3 is 5.73 Å². The van der Waals surface area contributed by atoms with E-state index in [1.54, 1.807) is 0 Å². The van der Waals surface area contributed by atoms with Gasteiger partial charge >= 0.3 is 0 Å². The van der Waals surface area contributed by atoms with Gasteiger partial charge in [0.2, 0.25) is 0 Å². The number of rotatable bonds is 0. The van der Waals surface area contributed by atoms with Crippen LogP contribution >= 0.6 is 0 Å². The molecule has 0 aromatic heterocycles. The van der Waals surface area contributed by atoms with E-state index in [1.807, 2.05) is 13.8 Å². The molecule has 0 aliphatic heterocycles. The van der Waals surface area contributed by atoms with Gasteiger partial charge in [-0.3, -0.25) is 0 Å². The molecule has 1 nitrogen and oxygen atoms in total. The summed E-state index contributed by atoms with van der Waals surface area (Å²) in [6, 6.07) is 6.71. The van der Waals surface area contributed by atoms with Crippen molar-refractivity contribution in [3.63, 3.8) is 0 Å². The Hall–Kier alpha value is -0.820. The normalized spacial score (nSPS) is 18.9. The molecule has 1 unspecified atom stereocenters. The molecule has 0 spiro atoms. The number of benzene rings is 1. The topological polar surface area (TPSA) is 26.0 Å². The van der Waals surface area contributed by atoms with Crippen LogP contribution in [0.4, 0.5) is 0 Å². The highest BCUT2D eigenvalue weighted by Gasteiger charge is 2.19. The van der Waals surface area contributed by atoms with Gasteiger partial charge in [0.1, 0.15) is 0 Å². The summed E-state index contributed by atoms with van der Waals surface area (Å²) in [5.74, 6) is 0. The summed E-state index contributed by atoms with van der Waals surface area (Å²) in [5.41, 5.74) is 10.2.